The average Bonchev–Trinajstić information content (AvgIpc) is 2.92. The number of amides is 1. The van der Waals surface area contributed by atoms with Crippen LogP contribution in [-0.4, -0.2) is 15.4 Å². The van der Waals surface area contributed by atoms with Gasteiger partial charge in [0.05, 0.1) is 15.1 Å². The number of nitro groups is 1. The zero-order valence-electron chi connectivity index (χ0n) is 14.7. The molecular weight excluding hydrogens is 386 g/mol. The number of fused-ring (bicyclic) bond motifs is 1. The van der Waals surface area contributed by atoms with E-state index in [2.05, 4.69) is 11.6 Å². The standard InChI is InChI=1S/C19H16ClN3O3S/c1-4-7-22-16-8-11(2)12(3)9-17(16)27-19(22)21-18(24)14-10-13(20)5-6-15(14)23(25)26/h4-6,8-10H,1,7H2,2-3H3. The number of benzene rings is 2. The van der Waals surface area contributed by atoms with Crippen molar-refractivity contribution in [3.8, 4) is 0 Å². The minimum Gasteiger partial charge on any atom is -0.312 e. The van der Waals surface area contributed by atoms with Crippen LogP contribution in [0.1, 0.15) is 21.5 Å². The molecule has 0 aliphatic heterocycles. The summed E-state index contributed by atoms with van der Waals surface area (Å²) in [5, 5.41) is 11.5. The number of aromatic nitrogens is 1. The van der Waals surface area contributed by atoms with Gasteiger partial charge in [-0.05, 0) is 49.2 Å². The van der Waals surface area contributed by atoms with E-state index in [4.69, 9.17) is 11.6 Å². The molecule has 0 unspecified atom stereocenters. The van der Waals surface area contributed by atoms with E-state index in [1.807, 2.05) is 30.5 Å². The summed E-state index contributed by atoms with van der Waals surface area (Å²) in [7, 11) is 0. The smallest absolute Gasteiger partial charge is 0.286 e. The molecule has 2 aromatic carbocycles. The van der Waals surface area contributed by atoms with Crippen LogP contribution in [0.2, 0.25) is 5.02 Å². The molecule has 138 valence electrons. The molecule has 0 radical (unpaired) electrons. The fourth-order valence-electron chi connectivity index (χ4n) is 2.70. The van der Waals surface area contributed by atoms with Crippen molar-refractivity contribution in [3.63, 3.8) is 0 Å². The summed E-state index contributed by atoms with van der Waals surface area (Å²) >= 11 is 7.27. The van der Waals surface area contributed by atoms with Crippen molar-refractivity contribution in [2.24, 2.45) is 4.99 Å². The van der Waals surface area contributed by atoms with Gasteiger partial charge in [-0.3, -0.25) is 14.9 Å². The molecule has 0 aliphatic carbocycles. The molecule has 0 bridgehead atoms. The molecule has 3 rings (SSSR count). The summed E-state index contributed by atoms with van der Waals surface area (Å²) in [5.74, 6) is -0.706. The van der Waals surface area contributed by atoms with Crippen molar-refractivity contribution in [1.82, 2.24) is 4.57 Å². The number of allylic oxidation sites excluding steroid dienone is 1. The summed E-state index contributed by atoms with van der Waals surface area (Å²) in [6.07, 6.45) is 1.71. The molecule has 0 fully saturated rings. The summed E-state index contributed by atoms with van der Waals surface area (Å²) in [4.78, 5) is 27.9. The maximum atomic E-state index is 12.7. The molecule has 6 nitrogen and oxygen atoms in total. The van der Waals surface area contributed by atoms with Gasteiger partial charge >= 0.3 is 0 Å². The van der Waals surface area contributed by atoms with Crippen LogP contribution in [0, 0.1) is 24.0 Å². The minimum atomic E-state index is -0.706. The number of nitrogens with zero attached hydrogens (tertiary/aromatic N) is 3. The Labute approximate surface area is 164 Å². The van der Waals surface area contributed by atoms with Gasteiger partial charge in [0.25, 0.3) is 11.6 Å². The van der Waals surface area contributed by atoms with E-state index >= 15 is 0 Å². The van der Waals surface area contributed by atoms with Gasteiger partial charge in [-0.2, -0.15) is 4.99 Å². The summed E-state index contributed by atoms with van der Waals surface area (Å²) in [5.41, 5.74) is 2.74. The second-order valence-electron chi connectivity index (χ2n) is 6.02. The first-order valence-corrected chi connectivity index (χ1v) is 9.25. The Morgan fingerprint density at radius 3 is 2.70 bits per heavy atom. The van der Waals surface area contributed by atoms with Crippen molar-refractivity contribution in [2.75, 3.05) is 0 Å². The molecule has 0 spiro atoms. The predicted octanol–water partition coefficient (Wildman–Crippen LogP) is 4.81. The highest BCUT2D eigenvalue weighted by Gasteiger charge is 2.20. The van der Waals surface area contributed by atoms with Gasteiger partial charge < -0.3 is 4.57 Å². The summed E-state index contributed by atoms with van der Waals surface area (Å²) in [6.45, 7) is 8.26. The van der Waals surface area contributed by atoms with Crippen molar-refractivity contribution >= 4 is 44.7 Å². The molecule has 0 saturated heterocycles. The highest BCUT2D eigenvalue weighted by molar-refractivity contribution is 7.16. The number of carbonyl (C=O) groups excluding carboxylic acids is 1. The maximum Gasteiger partial charge on any atom is 0.286 e. The highest BCUT2D eigenvalue weighted by atomic mass is 35.5. The first-order valence-electron chi connectivity index (χ1n) is 8.06. The van der Waals surface area contributed by atoms with E-state index in [-0.39, 0.29) is 16.3 Å². The van der Waals surface area contributed by atoms with E-state index in [9.17, 15) is 14.9 Å². The molecule has 27 heavy (non-hydrogen) atoms. The lowest BCUT2D eigenvalue weighted by atomic mass is 10.1. The number of aryl methyl sites for hydroxylation is 2. The molecule has 0 atom stereocenters. The molecule has 3 aromatic rings. The number of thiazole rings is 1. The average molecular weight is 402 g/mol. The van der Waals surface area contributed by atoms with Crippen LogP contribution < -0.4 is 4.80 Å². The van der Waals surface area contributed by atoms with Crippen LogP contribution in [0.3, 0.4) is 0 Å². The fraction of sp³-hybridized carbons (Fsp3) is 0.158. The topological polar surface area (TPSA) is 77.5 Å². The molecule has 0 aliphatic rings. The third kappa shape index (κ3) is 3.70. The Morgan fingerprint density at radius 1 is 1.33 bits per heavy atom. The number of hydrogen-bond donors (Lipinski definition) is 0. The maximum absolute atomic E-state index is 12.7. The highest BCUT2D eigenvalue weighted by Crippen LogP contribution is 2.25. The normalized spacial score (nSPS) is 11.7. The molecular formula is C19H16ClN3O3S. The predicted molar refractivity (Wildman–Crippen MR) is 107 cm³/mol. The number of nitro benzene ring substituents is 1. The lowest BCUT2D eigenvalue weighted by Crippen LogP contribution is -2.16. The van der Waals surface area contributed by atoms with Crippen LogP contribution in [-0.2, 0) is 6.54 Å². The second kappa shape index (κ2) is 7.46. The monoisotopic (exact) mass is 401 g/mol. The first-order chi connectivity index (χ1) is 12.8. The van der Waals surface area contributed by atoms with Crippen molar-refractivity contribution in [3.05, 3.63) is 79.6 Å². The molecule has 0 N–H and O–H groups in total. The van der Waals surface area contributed by atoms with Gasteiger partial charge in [0.15, 0.2) is 4.80 Å². The zero-order valence-corrected chi connectivity index (χ0v) is 16.3. The van der Waals surface area contributed by atoms with Gasteiger partial charge in [-0.25, -0.2) is 0 Å². The van der Waals surface area contributed by atoms with Crippen molar-refractivity contribution in [2.45, 2.75) is 20.4 Å². The van der Waals surface area contributed by atoms with Crippen LogP contribution in [0.15, 0.2) is 48.0 Å². The second-order valence-corrected chi connectivity index (χ2v) is 7.47. The van der Waals surface area contributed by atoms with Crippen LogP contribution in [0.5, 0.6) is 0 Å². The van der Waals surface area contributed by atoms with E-state index in [0.717, 1.165) is 21.3 Å². The van der Waals surface area contributed by atoms with Gasteiger partial charge in [-0.15, -0.1) is 6.58 Å². The van der Waals surface area contributed by atoms with Crippen LogP contribution in [0.4, 0.5) is 5.69 Å². The molecule has 1 amide bonds. The van der Waals surface area contributed by atoms with Gasteiger partial charge in [0.2, 0.25) is 0 Å². The van der Waals surface area contributed by atoms with Crippen molar-refractivity contribution < 1.29 is 9.72 Å². The van der Waals surface area contributed by atoms with E-state index < -0.39 is 10.8 Å². The molecule has 8 heteroatoms. The summed E-state index contributed by atoms with van der Waals surface area (Å²) in [6, 6.07) is 7.93. The Balaban J connectivity index is 2.23. The largest absolute Gasteiger partial charge is 0.312 e. The lowest BCUT2D eigenvalue weighted by molar-refractivity contribution is -0.385. The molecule has 1 heterocycles. The Morgan fingerprint density at radius 2 is 2.04 bits per heavy atom. The van der Waals surface area contributed by atoms with Crippen LogP contribution >= 0.6 is 22.9 Å². The van der Waals surface area contributed by atoms with E-state index in [1.54, 1.807) is 6.08 Å². The van der Waals surface area contributed by atoms with Gasteiger partial charge in [-0.1, -0.05) is 29.0 Å². The van der Waals surface area contributed by atoms with E-state index in [1.165, 1.54) is 29.5 Å². The first kappa shape index (κ1) is 19.0. The number of hydrogen-bond acceptors (Lipinski definition) is 4. The fourth-order valence-corrected chi connectivity index (χ4v) is 3.99. The lowest BCUT2D eigenvalue weighted by Gasteiger charge is -2.04. The Hall–Kier alpha value is -2.77. The quantitative estimate of drug-likeness (QED) is 0.357. The zero-order chi connectivity index (χ0) is 19.7. The van der Waals surface area contributed by atoms with E-state index in [0.29, 0.717) is 11.3 Å². The Bertz CT molecular complexity index is 1160. The van der Waals surface area contributed by atoms with Gasteiger partial charge in [0, 0.05) is 17.6 Å². The molecule has 0 saturated carbocycles. The Kier molecular flexibility index (Phi) is 5.25. The summed E-state index contributed by atoms with van der Waals surface area (Å²) < 4.78 is 2.85. The minimum absolute atomic E-state index is 0.137. The number of halogens is 1. The number of rotatable bonds is 4. The van der Waals surface area contributed by atoms with Crippen LogP contribution in [0.25, 0.3) is 10.2 Å². The van der Waals surface area contributed by atoms with Gasteiger partial charge in [0.1, 0.15) is 5.56 Å². The van der Waals surface area contributed by atoms with Crippen molar-refractivity contribution in [1.29, 1.82) is 0 Å². The SMILES string of the molecule is C=CCn1c(=NC(=O)c2cc(Cl)ccc2[N+](=O)[O-])sc2cc(C)c(C)cc21. The molecule has 1 aromatic heterocycles. The third-order valence-corrected chi connectivity index (χ3v) is 5.47. The number of carbonyl (C=O) groups is 1. The third-order valence-electron chi connectivity index (χ3n) is 4.19.